The number of anilines is 1. The van der Waals surface area contributed by atoms with Gasteiger partial charge in [-0.25, -0.2) is 4.79 Å². The molecular formula is C19H18N4O3S. The second-order valence-electron chi connectivity index (χ2n) is 5.77. The second kappa shape index (κ2) is 8.47. The average molecular weight is 382 g/mol. The third kappa shape index (κ3) is 4.33. The molecule has 3 rings (SSSR count). The number of thiophene rings is 1. The number of carbonyl (C=O) groups excluding carboxylic acids is 2. The summed E-state index contributed by atoms with van der Waals surface area (Å²) >= 11 is 1.32. The van der Waals surface area contributed by atoms with Crippen LogP contribution in [0.1, 0.15) is 28.6 Å². The Kier molecular flexibility index (Phi) is 5.84. The van der Waals surface area contributed by atoms with Gasteiger partial charge < -0.3 is 15.0 Å². The molecule has 2 aromatic rings. The number of rotatable bonds is 4. The van der Waals surface area contributed by atoms with Crippen LogP contribution in [0.5, 0.6) is 0 Å². The smallest absolute Gasteiger partial charge is 0.410 e. The van der Waals surface area contributed by atoms with E-state index in [1.807, 2.05) is 6.07 Å². The summed E-state index contributed by atoms with van der Waals surface area (Å²) in [6.45, 7) is 2.95. The first-order valence-corrected chi connectivity index (χ1v) is 9.30. The van der Waals surface area contributed by atoms with E-state index in [-0.39, 0.29) is 12.0 Å². The summed E-state index contributed by atoms with van der Waals surface area (Å²) in [4.78, 5) is 30.8. The standard InChI is InChI=1S/C19H18N4O3S/c1-2-26-19(25)23-10-8-14-15(11-20)18(27-16(14)12-23)22-17(24)7-6-13-5-3-4-9-21-13/h3-7,9H,2,8,10,12H2,1H3,(H,22,24)/b7-6-. The number of pyridine rings is 1. The van der Waals surface area contributed by atoms with Crippen LogP contribution in [0.3, 0.4) is 0 Å². The lowest BCUT2D eigenvalue weighted by molar-refractivity contribution is -0.111. The minimum atomic E-state index is -0.362. The predicted molar refractivity (Wildman–Crippen MR) is 102 cm³/mol. The average Bonchev–Trinajstić information content (AvgIpc) is 3.03. The number of nitriles is 1. The molecule has 0 aromatic carbocycles. The monoisotopic (exact) mass is 382 g/mol. The van der Waals surface area contributed by atoms with Crippen molar-refractivity contribution >= 4 is 34.4 Å². The molecule has 0 saturated carbocycles. The third-order valence-electron chi connectivity index (χ3n) is 4.02. The van der Waals surface area contributed by atoms with Crippen LogP contribution in [0.4, 0.5) is 9.80 Å². The molecule has 1 N–H and O–H groups in total. The van der Waals surface area contributed by atoms with E-state index in [1.54, 1.807) is 36.2 Å². The molecule has 0 aliphatic carbocycles. The van der Waals surface area contributed by atoms with Crippen molar-refractivity contribution in [3.8, 4) is 6.07 Å². The number of aromatic nitrogens is 1. The number of amides is 2. The summed E-state index contributed by atoms with van der Waals surface area (Å²) in [6, 6.07) is 7.60. The van der Waals surface area contributed by atoms with Crippen LogP contribution >= 0.6 is 11.3 Å². The Morgan fingerprint density at radius 2 is 2.33 bits per heavy atom. The third-order valence-corrected chi connectivity index (χ3v) is 5.16. The van der Waals surface area contributed by atoms with E-state index < -0.39 is 0 Å². The molecule has 3 heterocycles. The summed E-state index contributed by atoms with van der Waals surface area (Å²) in [5.74, 6) is -0.335. The van der Waals surface area contributed by atoms with Gasteiger partial charge in [-0.05, 0) is 37.1 Å². The van der Waals surface area contributed by atoms with Gasteiger partial charge in [0.05, 0.1) is 24.4 Å². The van der Waals surface area contributed by atoms with E-state index in [0.29, 0.717) is 42.4 Å². The highest BCUT2D eigenvalue weighted by Gasteiger charge is 2.27. The maximum absolute atomic E-state index is 12.2. The van der Waals surface area contributed by atoms with Crippen LogP contribution in [0.25, 0.3) is 6.08 Å². The number of hydrogen-bond donors (Lipinski definition) is 1. The van der Waals surface area contributed by atoms with Crippen molar-refractivity contribution in [1.82, 2.24) is 9.88 Å². The molecule has 27 heavy (non-hydrogen) atoms. The molecule has 1 aliphatic heterocycles. The quantitative estimate of drug-likeness (QED) is 0.820. The zero-order chi connectivity index (χ0) is 19.2. The number of nitrogens with one attached hydrogen (secondary N) is 1. The Morgan fingerprint density at radius 3 is 3.04 bits per heavy atom. The van der Waals surface area contributed by atoms with Gasteiger partial charge in [-0.15, -0.1) is 11.3 Å². The van der Waals surface area contributed by atoms with Crippen molar-refractivity contribution in [2.24, 2.45) is 0 Å². The van der Waals surface area contributed by atoms with E-state index >= 15 is 0 Å². The van der Waals surface area contributed by atoms with Gasteiger partial charge in [-0.3, -0.25) is 9.78 Å². The fourth-order valence-electron chi connectivity index (χ4n) is 2.77. The molecule has 0 radical (unpaired) electrons. The Balaban J connectivity index is 1.74. The highest BCUT2D eigenvalue weighted by Crippen LogP contribution is 2.36. The topological polar surface area (TPSA) is 95.3 Å². The first-order chi connectivity index (χ1) is 13.1. The van der Waals surface area contributed by atoms with Gasteiger partial charge in [0.25, 0.3) is 0 Å². The Labute approximate surface area is 160 Å². The minimum absolute atomic E-state index is 0.319. The van der Waals surface area contributed by atoms with Crippen LogP contribution < -0.4 is 5.32 Å². The van der Waals surface area contributed by atoms with Crippen molar-refractivity contribution in [2.45, 2.75) is 19.9 Å². The molecule has 2 aromatic heterocycles. The molecule has 1 aliphatic rings. The van der Waals surface area contributed by atoms with Crippen LogP contribution in [0.2, 0.25) is 0 Å². The van der Waals surface area contributed by atoms with Gasteiger partial charge in [0.15, 0.2) is 0 Å². The Morgan fingerprint density at radius 1 is 1.48 bits per heavy atom. The summed E-state index contributed by atoms with van der Waals surface area (Å²) < 4.78 is 5.04. The SMILES string of the molecule is CCOC(=O)N1CCc2c(sc(NC(=O)/C=C\c3ccccn3)c2C#N)C1. The fourth-order valence-corrected chi connectivity index (χ4v) is 3.99. The van der Waals surface area contributed by atoms with Crippen LogP contribution in [0, 0.1) is 11.3 Å². The van der Waals surface area contributed by atoms with Crippen molar-refractivity contribution in [3.05, 3.63) is 52.2 Å². The zero-order valence-electron chi connectivity index (χ0n) is 14.8. The molecule has 138 valence electrons. The molecular weight excluding hydrogens is 364 g/mol. The molecule has 0 atom stereocenters. The van der Waals surface area contributed by atoms with Gasteiger partial charge in [-0.2, -0.15) is 5.26 Å². The summed E-state index contributed by atoms with van der Waals surface area (Å²) in [6.07, 6.45) is 4.84. The zero-order valence-corrected chi connectivity index (χ0v) is 15.6. The normalized spacial score (nSPS) is 13.1. The molecule has 0 bridgehead atoms. The summed E-state index contributed by atoms with van der Waals surface area (Å²) in [5, 5.41) is 12.8. The molecule has 0 unspecified atom stereocenters. The maximum atomic E-state index is 12.2. The van der Waals surface area contributed by atoms with Crippen molar-refractivity contribution in [1.29, 1.82) is 5.26 Å². The molecule has 2 amide bonds. The van der Waals surface area contributed by atoms with Crippen molar-refractivity contribution < 1.29 is 14.3 Å². The van der Waals surface area contributed by atoms with E-state index in [2.05, 4.69) is 16.4 Å². The van der Waals surface area contributed by atoms with Crippen molar-refractivity contribution in [3.63, 3.8) is 0 Å². The van der Waals surface area contributed by atoms with Gasteiger partial charge in [-0.1, -0.05) is 6.07 Å². The van der Waals surface area contributed by atoms with Gasteiger partial charge >= 0.3 is 6.09 Å². The second-order valence-corrected chi connectivity index (χ2v) is 6.87. The number of ether oxygens (including phenoxy) is 1. The predicted octanol–water partition coefficient (Wildman–Crippen LogP) is 3.18. The van der Waals surface area contributed by atoms with E-state index in [0.717, 1.165) is 10.4 Å². The molecule has 0 spiro atoms. The molecule has 0 saturated heterocycles. The summed E-state index contributed by atoms with van der Waals surface area (Å²) in [5.41, 5.74) is 2.04. The first-order valence-electron chi connectivity index (χ1n) is 8.48. The van der Waals surface area contributed by atoms with Crippen LogP contribution in [-0.4, -0.2) is 35.0 Å². The number of hydrogen-bond acceptors (Lipinski definition) is 6. The lowest BCUT2D eigenvalue weighted by atomic mass is 10.0. The van der Waals surface area contributed by atoms with Crippen LogP contribution in [-0.2, 0) is 22.5 Å². The summed E-state index contributed by atoms with van der Waals surface area (Å²) in [7, 11) is 0. The van der Waals surface area contributed by atoms with E-state index in [1.165, 1.54) is 17.4 Å². The minimum Gasteiger partial charge on any atom is -0.450 e. The van der Waals surface area contributed by atoms with Gasteiger partial charge in [0, 0.05) is 23.7 Å². The number of nitrogens with zero attached hydrogens (tertiary/aromatic N) is 3. The maximum Gasteiger partial charge on any atom is 0.410 e. The highest BCUT2D eigenvalue weighted by atomic mass is 32.1. The molecule has 0 fully saturated rings. The van der Waals surface area contributed by atoms with E-state index in [4.69, 9.17) is 4.74 Å². The lowest BCUT2D eigenvalue weighted by Gasteiger charge is -2.25. The van der Waals surface area contributed by atoms with Gasteiger partial charge in [0.1, 0.15) is 11.1 Å². The first kappa shape index (κ1) is 18.6. The number of carbonyl (C=O) groups is 2. The van der Waals surface area contributed by atoms with Crippen molar-refractivity contribution in [2.75, 3.05) is 18.5 Å². The lowest BCUT2D eigenvalue weighted by Crippen LogP contribution is -2.35. The molecule has 8 heteroatoms. The largest absolute Gasteiger partial charge is 0.450 e. The molecule has 7 nitrogen and oxygen atoms in total. The Bertz CT molecular complexity index is 915. The number of fused-ring (bicyclic) bond motifs is 1. The van der Waals surface area contributed by atoms with Gasteiger partial charge in [0.2, 0.25) is 5.91 Å². The Hall–Kier alpha value is -3.18. The highest BCUT2D eigenvalue weighted by molar-refractivity contribution is 7.16. The van der Waals surface area contributed by atoms with Crippen LogP contribution in [0.15, 0.2) is 30.5 Å². The fraction of sp³-hybridized carbons (Fsp3) is 0.263. The van der Waals surface area contributed by atoms with E-state index in [9.17, 15) is 14.9 Å².